The van der Waals surface area contributed by atoms with E-state index in [9.17, 15) is 23.3 Å². The number of pyridine rings is 1. The highest BCUT2D eigenvalue weighted by Crippen LogP contribution is 2.32. The molecule has 0 fully saturated rings. The van der Waals surface area contributed by atoms with Gasteiger partial charge in [0.05, 0.1) is 28.1 Å². The zero-order valence-corrected chi connectivity index (χ0v) is 18.5. The summed E-state index contributed by atoms with van der Waals surface area (Å²) in [6, 6.07) is 14.0. The fourth-order valence-electron chi connectivity index (χ4n) is 3.25. The summed E-state index contributed by atoms with van der Waals surface area (Å²) in [4.78, 5) is 27.6. The van der Waals surface area contributed by atoms with Gasteiger partial charge in [0, 0.05) is 11.5 Å². The minimum atomic E-state index is -4.17. The molecule has 2 heterocycles. The van der Waals surface area contributed by atoms with E-state index in [1.54, 1.807) is 19.1 Å². The number of benzene rings is 2. The minimum absolute atomic E-state index is 0.00151. The van der Waals surface area contributed by atoms with E-state index in [0.29, 0.717) is 11.3 Å². The molecule has 0 amide bonds. The number of ether oxygens (including phenoxy) is 1. The number of nitrogens with two attached hydrogens (primary N) is 1. The van der Waals surface area contributed by atoms with Crippen LogP contribution in [0.15, 0.2) is 65.7 Å². The number of hydrogen-bond donors (Lipinski definition) is 2. The van der Waals surface area contributed by atoms with Crippen LogP contribution in [0.1, 0.15) is 17.3 Å². The Morgan fingerprint density at radius 1 is 1.21 bits per heavy atom. The van der Waals surface area contributed by atoms with Crippen molar-refractivity contribution in [3.63, 3.8) is 0 Å². The van der Waals surface area contributed by atoms with Crippen molar-refractivity contribution in [1.82, 2.24) is 14.8 Å². The van der Waals surface area contributed by atoms with Gasteiger partial charge in [0.25, 0.3) is 5.69 Å². The van der Waals surface area contributed by atoms with E-state index < -0.39 is 31.5 Å². The lowest BCUT2D eigenvalue weighted by molar-refractivity contribution is -0.384. The summed E-state index contributed by atoms with van der Waals surface area (Å²) < 4.78 is 29.7. The second kappa shape index (κ2) is 8.88. The Hall–Kier alpha value is -4.36. The van der Waals surface area contributed by atoms with Crippen molar-refractivity contribution in [3.8, 4) is 5.82 Å². The molecule has 0 aliphatic rings. The van der Waals surface area contributed by atoms with E-state index in [4.69, 9.17) is 9.88 Å². The standard InChI is InChI=1S/C21H18N6O6S/c1-2-33-21(28)15-12-23-26(19-10-7-13-5-3-4-6-16(13)24-19)20(15)25-17-9-8-14(34(22,31)32)11-18(17)27(29)30/h3-12,25H,2H2,1H3,(H2,22,31,32). The van der Waals surface area contributed by atoms with E-state index >= 15 is 0 Å². The number of rotatable bonds is 7. The van der Waals surface area contributed by atoms with Crippen LogP contribution in [0.4, 0.5) is 17.2 Å². The van der Waals surface area contributed by atoms with Crippen molar-refractivity contribution in [2.24, 2.45) is 5.14 Å². The van der Waals surface area contributed by atoms with Gasteiger partial charge in [-0.2, -0.15) is 9.78 Å². The van der Waals surface area contributed by atoms with Crippen molar-refractivity contribution in [2.45, 2.75) is 11.8 Å². The maximum atomic E-state index is 12.6. The van der Waals surface area contributed by atoms with Gasteiger partial charge in [0.1, 0.15) is 11.3 Å². The maximum absolute atomic E-state index is 12.6. The Kier molecular flexibility index (Phi) is 5.96. The molecule has 4 rings (SSSR count). The minimum Gasteiger partial charge on any atom is -0.462 e. The van der Waals surface area contributed by atoms with Crippen LogP contribution in [0.25, 0.3) is 16.7 Å². The molecule has 13 heteroatoms. The third kappa shape index (κ3) is 4.42. The van der Waals surface area contributed by atoms with Gasteiger partial charge >= 0.3 is 5.97 Å². The predicted molar refractivity (Wildman–Crippen MR) is 123 cm³/mol. The van der Waals surface area contributed by atoms with E-state index in [1.807, 2.05) is 24.3 Å². The molecular weight excluding hydrogens is 464 g/mol. The molecule has 2 aromatic carbocycles. The average molecular weight is 482 g/mol. The van der Waals surface area contributed by atoms with Crippen LogP contribution >= 0.6 is 0 Å². The maximum Gasteiger partial charge on any atom is 0.343 e. The highest BCUT2D eigenvalue weighted by atomic mass is 32.2. The first-order chi connectivity index (χ1) is 16.2. The van der Waals surface area contributed by atoms with E-state index in [0.717, 1.165) is 17.5 Å². The van der Waals surface area contributed by atoms with E-state index in [-0.39, 0.29) is 23.7 Å². The Labute approximate surface area is 193 Å². The number of anilines is 2. The van der Waals surface area contributed by atoms with Gasteiger partial charge in [-0.3, -0.25) is 10.1 Å². The Bertz CT molecular complexity index is 1530. The second-order valence-corrected chi connectivity index (χ2v) is 8.57. The molecule has 0 atom stereocenters. The molecule has 12 nitrogen and oxygen atoms in total. The number of nitro benzene ring substituents is 1. The average Bonchev–Trinajstić information content (AvgIpc) is 3.22. The highest BCUT2D eigenvalue weighted by molar-refractivity contribution is 7.89. The molecule has 0 saturated heterocycles. The smallest absolute Gasteiger partial charge is 0.343 e. The lowest BCUT2D eigenvalue weighted by Gasteiger charge is -2.13. The van der Waals surface area contributed by atoms with Gasteiger partial charge in [-0.05, 0) is 37.3 Å². The number of hydrogen-bond acceptors (Lipinski definition) is 9. The van der Waals surface area contributed by atoms with Crippen LogP contribution < -0.4 is 10.5 Å². The van der Waals surface area contributed by atoms with Gasteiger partial charge in [-0.25, -0.2) is 23.3 Å². The number of para-hydroxylation sites is 1. The van der Waals surface area contributed by atoms with Crippen LogP contribution in [-0.2, 0) is 14.8 Å². The summed E-state index contributed by atoms with van der Waals surface area (Å²) >= 11 is 0. The monoisotopic (exact) mass is 482 g/mol. The molecule has 34 heavy (non-hydrogen) atoms. The summed E-state index contributed by atoms with van der Waals surface area (Å²) in [7, 11) is -4.17. The summed E-state index contributed by atoms with van der Waals surface area (Å²) in [5.74, 6) is -0.325. The van der Waals surface area contributed by atoms with Crippen LogP contribution in [0.2, 0.25) is 0 Å². The second-order valence-electron chi connectivity index (χ2n) is 7.01. The topological polar surface area (TPSA) is 172 Å². The van der Waals surface area contributed by atoms with Gasteiger partial charge in [-0.15, -0.1) is 0 Å². The highest BCUT2D eigenvalue weighted by Gasteiger charge is 2.25. The summed E-state index contributed by atoms with van der Waals surface area (Å²) in [5.41, 5.74) is 0.00953. The predicted octanol–water partition coefficient (Wildman–Crippen LogP) is 2.90. The number of esters is 1. The van der Waals surface area contributed by atoms with Crippen LogP contribution in [0, 0.1) is 10.1 Å². The summed E-state index contributed by atoms with van der Waals surface area (Å²) in [6.45, 7) is 1.73. The quantitative estimate of drug-likeness (QED) is 0.228. The van der Waals surface area contributed by atoms with Crippen molar-refractivity contribution in [1.29, 1.82) is 0 Å². The lowest BCUT2D eigenvalue weighted by Crippen LogP contribution is -2.13. The molecule has 0 saturated carbocycles. The number of aromatic nitrogens is 3. The van der Waals surface area contributed by atoms with Gasteiger partial charge in [-0.1, -0.05) is 18.2 Å². The normalized spacial score (nSPS) is 11.4. The van der Waals surface area contributed by atoms with E-state index in [2.05, 4.69) is 15.4 Å². The first kappa shape index (κ1) is 22.8. The lowest BCUT2D eigenvalue weighted by atomic mass is 10.2. The van der Waals surface area contributed by atoms with Crippen molar-refractivity contribution in [2.75, 3.05) is 11.9 Å². The Balaban J connectivity index is 1.87. The number of carbonyl (C=O) groups is 1. The van der Waals surface area contributed by atoms with Crippen molar-refractivity contribution < 1.29 is 22.9 Å². The molecule has 0 bridgehead atoms. The van der Waals surface area contributed by atoms with E-state index in [1.165, 1.54) is 16.9 Å². The molecular formula is C21H18N6O6S. The summed E-state index contributed by atoms with van der Waals surface area (Å²) in [6.07, 6.45) is 1.25. The SMILES string of the molecule is CCOC(=O)c1cnn(-c2ccc3ccccc3n2)c1Nc1ccc(S(N)(=O)=O)cc1[N+](=O)[O-]. The fraction of sp³-hybridized carbons (Fsp3) is 0.0952. The molecule has 3 N–H and O–H groups in total. The van der Waals surface area contributed by atoms with Crippen molar-refractivity contribution >= 4 is 44.1 Å². The number of nitro groups is 1. The molecule has 4 aromatic rings. The molecule has 0 unspecified atom stereocenters. The Morgan fingerprint density at radius 3 is 2.68 bits per heavy atom. The molecule has 2 aromatic heterocycles. The van der Waals surface area contributed by atoms with Crippen LogP contribution in [0.3, 0.4) is 0 Å². The number of sulfonamides is 1. The number of primary sulfonamides is 1. The van der Waals surface area contributed by atoms with Gasteiger partial charge < -0.3 is 10.1 Å². The number of nitrogens with zero attached hydrogens (tertiary/aromatic N) is 4. The number of carbonyl (C=O) groups excluding carboxylic acids is 1. The first-order valence-electron chi connectivity index (χ1n) is 9.88. The summed E-state index contributed by atoms with van der Waals surface area (Å²) in [5, 5.41) is 24.7. The molecule has 0 spiro atoms. The van der Waals surface area contributed by atoms with Crippen LogP contribution in [0.5, 0.6) is 0 Å². The van der Waals surface area contributed by atoms with Crippen LogP contribution in [-0.4, -0.2) is 40.7 Å². The first-order valence-corrected chi connectivity index (χ1v) is 11.4. The zero-order chi connectivity index (χ0) is 24.5. The number of nitrogens with one attached hydrogen (secondary N) is 1. The Morgan fingerprint density at radius 2 is 1.97 bits per heavy atom. The third-order valence-corrected chi connectivity index (χ3v) is 5.72. The molecule has 0 aliphatic carbocycles. The molecule has 174 valence electrons. The molecule has 0 aliphatic heterocycles. The number of fused-ring (bicyclic) bond motifs is 1. The third-order valence-electron chi connectivity index (χ3n) is 4.81. The fourth-order valence-corrected chi connectivity index (χ4v) is 3.78. The largest absolute Gasteiger partial charge is 0.462 e. The van der Waals surface area contributed by atoms with Gasteiger partial charge in [0.2, 0.25) is 10.0 Å². The molecule has 0 radical (unpaired) electrons. The zero-order valence-electron chi connectivity index (χ0n) is 17.7. The van der Waals surface area contributed by atoms with Gasteiger partial charge in [0.15, 0.2) is 11.6 Å². The van der Waals surface area contributed by atoms with Crippen molar-refractivity contribution in [3.05, 3.63) is 76.5 Å².